The van der Waals surface area contributed by atoms with Crippen molar-refractivity contribution in [1.82, 2.24) is 20.4 Å². The lowest BCUT2D eigenvalue weighted by atomic mass is 9.76. The number of nitrogens with one attached hydrogen (secondary N) is 1. The third kappa shape index (κ3) is 2.89. The molecule has 1 unspecified atom stereocenters. The van der Waals surface area contributed by atoms with E-state index >= 15 is 0 Å². The van der Waals surface area contributed by atoms with Crippen LogP contribution in [0.3, 0.4) is 0 Å². The van der Waals surface area contributed by atoms with Crippen LogP contribution in [0.4, 0.5) is 4.79 Å². The maximum atomic E-state index is 13.3. The number of aromatic nitrogens is 2. The Balaban J connectivity index is 1.42. The van der Waals surface area contributed by atoms with Crippen molar-refractivity contribution in [2.45, 2.75) is 31.3 Å². The number of nitrogens with zero attached hydrogens (tertiary/aromatic N) is 3. The normalized spacial score (nSPS) is 20.8. The van der Waals surface area contributed by atoms with Crippen LogP contribution in [0.25, 0.3) is 11.5 Å². The monoisotopic (exact) mass is 408 g/mol. The summed E-state index contributed by atoms with van der Waals surface area (Å²) in [5.41, 5.74) is 1.67. The molecule has 1 spiro atoms. The van der Waals surface area contributed by atoms with Gasteiger partial charge in [0.2, 0.25) is 11.8 Å². The van der Waals surface area contributed by atoms with E-state index in [0.29, 0.717) is 22.9 Å². The predicted octanol–water partition coefficient (Wildman–Crippen LogP) is 3.67. The van der Waals surface area contributed by atoms with Crippen LogP contribution in [-0.4, -0.2) is 27.0 Å². The van der Waals surface area contributed by atoms with Gasteiger partial charge in [0.25, 0.3) is 5.91 Å². The van der Waals surface area contributed by atoms with Crippen molar-refractivity contribution >= 4 is 23.5 Å². The van der Waals surface area contributed by atoms with Crippen molar-refractivity contribution in [2.75, 3.05) is 0 Å². The summed E-state index contributed by atoms with van der Waals surface area (Å²) in [6.45, 7) is -0.0742. The number of aryl methyl sites for hydroxylation is 1. The van der Waals surface area contributed by atoms with Gasteiger partial charge in [0.05, 0.1) is 0 Å². The Labute approximate surface area is 171 Å². The SMILES string of the molecule is O=C1NC2(CCCc3ccccc32)C(=O)N1Cc1nnc(-c2ccc(Cl)cc2)o1. The van der Waals surface area contributed by atoms with Gasteiger partial charge in [0.1, 0.15) is 12.1 Å². The van der Waals surface area contributed by atoms with E-state index in [1.54, 1.807) is 24.3 Å². The van der Waals surface area contributed by atoms with E-state index in [9.17, 15) is 9.59 Å². The van der Waals surface area contributed by atoms with Gasteiger partial charge in [0, 0.05) is 10.6 Å². The number of fused-ring (bicyclic) bond motifs is 2. The minimum absolute atomic E-state index is 0.0742. The highest BCUT2D eigenvalue weighted by molar-refractivity contribution is 6.30. The molecule has 146 valence electrons. The highest BCUT2D eigenvalue weighted by atomic mass is 35.5. The zero-order chi connectivity index (χ0) is 20.0. The van der Waals surface area contributed by atoms with Gasteiger partial charge in [-0.1, -0.05) is 35.9 Å². The highest BCUT2D eigenvalue weighted by Gasteiger charge is 2.54. The van der Waals surface area contributed by atoms with Crippen molar-refractivity contribution in [2.24, 2.45) is 0 Å². The zero-order valence-corrected chi connectivity index (χ0v) is 16.1. The van der Waals surface area contributed by atoms with Gasteiger partial charge >= 0.3 is 6.03 Å². The Morgan fingerprint density at radius 3 is 2.72 bits per heavy atom. The Hall–Kier alpha value is -3.19. The first kappa shape index (κ1) is 17.9. The van der Waals surface area contributed by atoms with Gasteiger partial charge in [0.15, 0.2) is 0 Å². The summed E-state index contributed by atoms with van der Waals surface area (Å²) >= 11 is 5.90. The first-order valence-corrected chi connectivity index (χ1v) is 9.75. The third-order valence-corrected chi connectivity index (χ3v) is 5.75. The molecule has 8 heteroatoms. The van der Waals surface area contributed by atoms with Crippen molar-refractivity contribution in [1.29, 1.82) is 0 Å². The topological polar surface area (TPSA) is 88.3 Å². The van der Waals surface area contributed by atoms with Crippen LogP contribution in [0.1, 0.15) is 29.9 Å². The molecule has 5 rings (SSSR count). The minimum atomic E-state index is -1.01. The molecule has 29 heavy (non-hydrogen) atoms. The molecule has 2 heterocycles. The van der Waals surface area contributed by atoms with Gasteiger partial charge in [-0.05, 0) is 54.7 Å². The maximum Gasteiger partial charge on any atom is 0.325 e. The van der Waals surface area contributed by atoms with E-state index in [-0.39, 0.29) is 18.3 Å². The minimum Gasteiger partial charge on any atom is -0.419 e. The molecule has 1 aromatic heterocycles. The molecule has 2 aliphatic rings. The van der Waals surface area contributed by atoms with Gasteiger partial charge in [-0.3, -0.25) is 9.69 Å². The molecule has 1 N–H and O–H groups in total. The lowest BCUT2D eigenvalue weighted by Crippen LogP contribution is -2.46. The average Bonchev–Trinajstić information content (AvgIpc) is 3.29. The largest absolute Gasteiger partial charge is 0.419 e. The number of amides is 3. The Bertz CT molecular complexity index is 1110. The number of carbonyl (C=O) groups excluding carboxylic acids is 2. The first-order chi connectivity index (χ1) is 14.1. The smallest absolute Gasteiger partial charge is 0.325 e. The van der Waals surface area contributed by atoms with E-state index in [0.717, 1.165) is 28.9 Å². The second kappa shape index (κ2) is 6.70. The lowest BCUT2D eigenvalue weighted by Gasteiger charge is -2.33. The molecule has 1 aliphatic heterocycles. The maximum absolute atomic E-state index is 13.3. The fourth-order valence-electron chi connectivity index (χ4n) is 4.12. The lowest BCUT2D eigenvalue weighted by molar-refractivity contribution is -0.132. The van der Waals surface area contributed by atoms with E-state index < -0.39 is 11.6 Å². The first-order valence-electron chi connectivity index (χ1n) is 9.38. The molecule has 0 radical (unpaired) electrons. The summed E-state index contributed by atoms with van der Waals surface area (Å²) in [7, 11) is 0. The van der Waals surface area contributed by atoms with Gasteiger partial charge in [-0.25, -0.2) is 4.79 Å². The van der Waals surface area contributed by atoms with Crippen LogP contribution in [0.15, 0.2) is 52.9 Å². The van der Waals surface area contributed by atoms with E-state index in [1.165, 1.54) is 0 Å². The molecule has 2 aromatic carbocycles. The van der Waals surface area contributed by atoms with Crippen LogP contribution in [0.5, 0.6) is 0 Å². The van der Waals surface area contributed by atoms with Crippen LogP contribution < -0.4 is 5.32 Å². The summed E-state index contributed by atoms with van der Waals surface area (Å²) in [5.74, 6) is 0.224. The van der Waals surface area contributed by atoms with Crippen LogP contribution in [0, 0.1) is 0 Å². The second-order valence-corrected chi connectivity index (χ2v) is 7.68. The summed E-state index contributed by atoms with van der Waals surface area (Å²) in [6, 6.07) is 14.3. The van der Waals surface area contributed by atoms with Gasteiger partial charge in [-0.2, -0.15) is 0 Å². The van der Waals surface area contributed by atoms with Crippen LogP contribution >= 0.6 is 11.6 Å². The van der Waals surface area contributed by atoms with Crippen LogP contribution in [-0.2, 0) is 23.3 Å². The summed E-state index contributed by atoms with van der Waals surface area (Å²) in [6.07, 6.45) is 2.30. The molecule has 1 fully saturated rings. The molecule has 0 saturated carbocycles. The number of rotatable bonds is 3. The molecule has 1 saturated heterocycles. The van der Waals surface area contributed by atoms with E-state index in [1.807, 2.05) is 24.3 Å². The van der Waals surface area contributed by atoms with E-state index in [4.69, 9.17) is 16.0 Å². The molecular weight excluding hydrogens is 392 g/mol. The number of carbonyl (C=O) groups is 2. The molecule has 3 amide bonds. The Kier molecular flexibility index (Phi) is 4.13. The van der Waals surface area contributed by atoms with Crippen molar-refractivity contribution in [3.05, 3.63) is 70.6 Å². The molecule has 1 atom stereocenters. The molecule has 1 aliphatic carbocycles. The number of hydrogen-bond donors (Lipinski definition) is 1. The van der Waals surface area contributed by atoms with Crippen molar-refractivity contribution < 1.29 is 14.0 Å². The second-order valence-electron chi connectivity index (χ2n) is 7.25. The summed E-state index contributed by atoms with van der Waals surface area (Å²) in [4.78, 5) is 27.1. The van der Waals surface area contributed by atoms with Gasteiger partial charge < -0.3 is 9.73 Å². The zero-order valence-electron chi connectivity index (χ0n) is 15.4. The average molecular weight is 409 g/mol. The van der Waals surface area contributed by atoms with Crippen molar-refractivity contribution in [3.8, 4) is 11.5 Å². The predicted molar refractivity (Wildman–Crippen MR) is 105 cm³/mol. The third-order valence-electron chi connectivity index (χ3n) is 5.50. The molecular formula is C21H17ClN4O3. The highest BCUT2D eigenvalue weighted by Crippen LogP contribution is 2.40. The number of halogens is 1. The van der Waals surface area contributed by atoms with Gasteiger partial charge in [-0.15, -0.1) is 10.2 Å². The Morgan fingerprint density at radius 2 is 1.90 bits per heavy atom. The standard InChI is InChI=1S/C21H17ClN4O3/c22-15-9-7-14(8-10-15)18-25-24-17(29-18)12-26-19(27)21(23-20(26)28)11-3-5-13-4-1-2-6-16(13)21/h1-2,4,6-10H,3,5,11-12H2,(H,23,28). The van der Waals surface area contributed by atoms with Crippen molar-refractivity contribution in [3.63, 3.8) is 0 Å². The number of benzene rings is 2. The van der Waals surface area contributed by atoms with Crippen LogP contribution in [0.2, 0.25) is 5.02 Å². The quantitative estimate of drug-likeness (QED) is 0.668. The Morgan fingerprint density at radius 1 is 1.10 bits per heavy atom. The molecule has 7 nitrogen and oxygen atoms in total. The fourth-order valence-corrected chi connectivity index (χ4v) is 4.24. The van der Waals surface area contributed by atoms with E-state index in [2.05, 4.69) is 15.5 Å². The molecule has 0 bridgehead atoms. The molecule has 3 aromatic rings. The number of imide groups is 1. The summed E-state index contributed by atoms with van der Waals surface area (Å²) in [5, 5.41) is 11.5. The fraction of sp³-hybridized carbons (Fsp3) is 0.238. The number of urea groups is 1. The summed E-state index contributed by atoms with van der Waals surface area (Å²) < 4.78 is 5.67. The number of hydrogen-bond acceptors (Lipinski definition) is 5.